The van der Waals surface area contributed by atoms with Gasteiger partial charge in [0.2, 0.25) is 0 Å². The molecule has 1 atom stereocenters. The van der Waals surface area contributed by atoms with Gasteiger partial charge in [-0.3, -0.25) is 4.79 Å². The first-order chi connectivity index (χ1) is 11.8. The molecule has 4 rings (SSSR count). The van der Waals surface area contributed by atoms with Crippen LogP contribution in [0.1, 0.15) is 54.6 Å². The second kappa shape index (κ2) is 6.38. The Labute approximate surface area is 142 Å². The van der Waals surface area contributed by atoms with Gasteiger partial charge < -0.3 is 4.90 Å². The van der Waals surface area contributed by atoms with Gasteiger partial charge in [-0.05, 0) is 50.7 Å². The molecule has 5 heteroatoms. The summed E-state index contributed by atoms with van der Waals surface area (Å²) in [5.74, 6) is 1.59. The molecule has 24 heavy (non-hydrogen) atoms. The Balaban J connectivity index is 1.59. The summed E-state index contributed by atoms with van der Waals surface area (Å²) in [6.45, 7) is 2.84. The van der Waals surface area contributed by atoms with Crippen molar-refractivity contribution < 1.29 is 4.79 Å². The number of carbonyl (C=O) groups is 1. The van der Waals surface area contributed by atoms with Gasteiger partial charge in [0.1, 0.15) is 0 Å². The lowest BCUT2D eigenvalue weighted by atomic mass is 9.95. The number of nitrogens with zero attached hydrogens (tertiary/aromatic N) is 4. The summed E-state index contributed by atoms with van der Waals surface area (Å²) in [6.07, 6.45) is 10.9. The van der Waals surface area contributed by atoms with Crippen molar-refractivity contribution in [3.63, 3.8) is 0 Å². The van der Waals surface area contributed by atoms with Gasteiger partial charge in [-0.1, -0.05) is 18.9 Å². The van der Waals surface area contributed by atoms with Crippen molar-refractivity contribution in [1.82, 2.24) is 19.7 Å². The molecule has 2 aromatic rings. The van der Waals surface area contributed by atoms with Crippen molar-refractivity contribution in [2.24, 2.45) is 5.92 Å². The second-order valence-electron chi connectivity index (χ2n) is 7.00. The Bertz CT molecular complexity index is 718. The van der Waals surface area contributed by atoms with Gasteiger partial charge >= 0.3 is 0 Å². The Morgan fingerprint density at radius 3 is 2.75 bits per heavy atom. The molecule has 0 aromatic carbocycles. The predicted octanol–water partition coefficient (Wildman–Crippen LogP) is 3.37. The Morgan fingerprint density at radius 1 is 1.17 bits per heavy atom. The molecule has 1 saturated heterocycles. The number of aromatic nitrogens is 3. The van der Waals surface area contributed by atoms with Gasteiger partial charge in [-0.25, -0.2) is 9.67 Å². The molecule has 2 fully saturated rings. The number of amides is 1. The molecule has 1 aliphatic carbocycles. The Morgan fingerprint density at radius 2 is 2.00 bits per heavy atom. The van der Waals surface area contributed by atoms with Crippen molar-refractivity contribution in [2.75, 3.05) is 6.54 Å². The standard InChI is InChI=1S/C19H24N4O/c1-14-16(13-21-23(14)18-10-4-5-11-20-18)19(24)22-12-6-9-17(22)15-7-2-3-8-15/h4-5,10-11,13,15,17H,2-3,6-9,12H2,1H3. The molecule has 2 aromatic heterocycles. The number of hydrogen-bond acceptors (Lipinski definition) is 3. The summed E-state index contributed by atoms with van der Waals surface area (Å²) < 4.78 is 1.76. The molecule has 0 radical (unpaired) electrons. The first-order valence-corrected chi connectivity index (χ1v) is 9.02. The highest BCUT2D eigenvalue weighted by atomic mass is 16.2. The molecule has 1 unspecified atom stereocenters. The van der Waals surface area contributed by atoms with E-state index in [-0.39, 0.29) is 5.91 Å². The van der Waals surface area contributed by atoms with Gasteiger partial charge in [0.05, 0.1) is 17.5 Å². The summed E-state index contributed by atoms with van der Waals surface area (Å²) in [6, 6.07) is 6.15. The van der Waals surface area contributed by atoms with E-state index in [1.165, 1.54) is 25.7 Å². The van der Waals surface area contributed by atoms with Crippen LogP contribution < -0.4 is 0 Å². The van der Waals surface area contributed by atoms with E-state index in [9.17, 15) is 4.79 Å². The maximum absolute atomic E-state index is 13.1. The van der Waals surface area contributed by atoms with Crippen molar-refractivity contribution in [3.8, 4) is 5.82 Å². The van der Waals surface area contributed by atoms with Crippen molar-refractivity contribution in [2.45, 2.75) is 51.5 Å². The van der Waals surface area contributed by atoms with Crippen LogP contribution in [0.4, 0.5) is 0 Å². The monoisotopic (exact) mass is 324 g/mol. The SMILES string of the molecule is Cc1c(C(=O)N2CCCC2C2CCCC2)cnn1-c1ccccn1. The van der Waals surface area contributed by atoms with Crippen LogP contribution in [0.2, 0.25) is 0 Å². The summed E-state index contributed by atoms with van der Waals surface area (Å²) in [7, 11) is 0. The number of rotatable bonds is 3. The number of hydrogen-bond donors (Lipinski definition) is 0. The smallest absolute Gasteiger partial charge is 0.257 e. The van der Waals surface area contributed by atoms with Crippen LogP contribution in [0.5, 0.6) is 0 Å². The van der Waals surface area contributed by atoms with E-state index in [0.29, 0.717) is 17.5 Å². The van der Waals surface area contributed by atoms with Crippen molar-refractivity contribution >= 4 is 5.91 Å². The molecule has 2 aliphatic rings. The lowest BCUT2D eigenvalue weighted by molar-refractivity contribution is 0.0688. The topological polar surface area (TPSA) is 51.0 Å². The fourth-order valence-corrected chi connectivity index (χ4v) is 4.36. The van der Waals surface area contributed by atoms with Crippen LogP contribution in [0, 0.1) is 12.8 Å². The van der Waals surface area contributed by atoms with E-state index in [2.05, 4.69) is 15.0 Å². The molecular formula is C19H24N4O. The zero-order valence-electron chi connectivity index (χ0n) is 14.2. The normalized spacial score (nSPS) is 21.5. The quantitative estimate of drug-likeness (QED) is 0.870. The zero-order valence-corrected chi connectivity index (χ0v) is 14.2. The van der Waals surface area contributed by atoms with E-state index in [4.69, 9.17) is 0 Å². The maximum Gasteiger partial charge on any atom is 0.257 e. The van der Waals surface area contributed by atoms with Crippen LogP contribution in [0.3, 0.4) is 0 Å². The van der Waals surface area contributed by atoms with E-state index >= 15 is 0 Å². The van der Waals surface area contributed by atoms with Crippen LogP contribution >= 0.6 is 0 Å². The predicted molar refractivity (Wildman–Crippen MR) is 92.1 cm³/mol. The minimum absolute atomic E-state index is 0.143. The summed E-state index contributed by atoms with van der Waals surface area (Å²) in [5.41, 5.74) is 1.58. The van der Waals surface area contributed by atoms with Gasteiger partial charge in [-0.15, -0.1) is 0 Å². The summed E-state index contributed by atoms with van der Waals surface area (Å²) >= 11 is 0. The van der Waals surface area contributed by atoms with E-state index < -0.39 is 0 Å². The third-order valence-corrected chi connectivity index (χ3v) is 5.61. The molecule has 0 N–H and O–H groups in total. The number of pyridine rings is 1. The minimum Gasteiger partial charge on any atom is -0.335 e. The van der Waals surface area contributed by atoms with E-state index in [0.717, 1.165) is 30.9 Å². The van der Waals surface area contributed by atoms with E-state index in [1.807, 2.05) is 25.1 Å². The van der Waals surface area contributed by atoms with E-state index in [1.54, 1.807) is 17.1 Å². The highest BCUT2D eigenvalue weighted by Gasteiger charge is 2.37. The van der Waals surface area contributed by atoms with Gasteiger partial charge in [0.25, 0.3) is 5.91 Å². The average Bonchev–Trinajstić information content (AvgIpc) is 3.35. The average molecular weight is 324 g/mol. The first-order valence-electron chi connectivity index (χ1n) is 9.02. The largest absolute Gasteiger partial charge is 0.335 e. The lowest BCUT2D eigenvalue weighted by Gasteiger charge is -2.29. The van der Waals surface area contributed by atoms with Crippen LogP contribution in [0.15, 0.2) is 30.6 Å². The third-order valence-electron chi connectivity index (χ3n) is 5.61. The molecule has 3 heterocycles. The summed E-state index contributed by atoms with van der Waals surface area (Å²) in [4.78, 5) is 19.6. The Hall–Kier alpha value is -2.17. The van der Waals surface area contributed by atoms with Crippen LogP contribution in [0.25, 0.3) is 5.82 Å². The molecule has 5 nitrogen and oxygen atoms in total. The number of carbonyl (C=O) groups excluding carboxylic acids is 1. The zero-order chi connectivity index (χ0) is 16.5. The maximum atomic E-state index is 13.1. The van der Waals surface area contributed by atoms with Gasteiger partial charge in [0, 0.05) is 18.8 Å². The number of likely N-dealkylation sites (tertiary alicyclic amines) is 1. The van der Waals surface area contributed by atoms with Crippen molar-refractivity contribution in [1.29, 1.82) is 0 Å². The molecule has 1 saturated carbocycles. The second-order valence-corrected chi connectivity index (χ2v) is 7.00. The lowest BCUT2D eigenvalue weighted by Crippen LogP contribution is -2.39. The van der Waals surface area contributed by atoms with Crippen molar-refractivity contribution in [3.05, 3.63) is 41.9 Å². The third kappa shape index (κ3) is 2.62. The molecule has 1 aliphatic heterocycles. The molecule has 0 spiro atoms. The molecule has 0 bridgehead atoms. The van der Waals surface area contributed by atoms with Crippen LogP contribution in [-0.4, -0.2) is 38.2 Å². The first kappa shape index (κ1) is 15.4. The van der Waals surface area contributed by atoms with Gasteiger partial charge in [-0.2, -0.15) is 5.10 Å². The fourth-order valence-electron chi connectivity index (χ4n) is 4.36. The Kier molecular flexibility index (Phi) is 4.08. The highest BCUT2D eigenvalue weighted by Crippen LogP contribution is 2.36. The summed E-state index contributed by atoms with van der Waals surface area (Å²) in [5, 5.41) is 4.41. The highest BCUT2D eigenvalue weighted by molar-refractivity contribution is 5.95. The minimum atomic E-state index is 0.143. The molecule has 1 amide bonds. The van der Waals surface area contributed by atoms with Gasteiger partial charge in [0.15, 0.2) is 5.82 Å². The van der Waals surface area contributed by atoms with Crippen LogP contribution in [-0.2, 0) is 0 Å². The molecular weight excluding hydrogens is 300 g/mol. The molecule has 126 valence electrons. The fraction of sp³-hybridized carbons (Fsp3) is 0.526.